The van der Waals surface area contributed by atoms with Crippen LogP contribution in [0, 0.1) is 12.8 Å². The van der Waals surface area contributed by atoms with E-state index in [4.69, 9.17) is 14.7 Å². The van der Waals surface area contributed by atoms with Gasteiger partial charge in [-0.25, -0.2) is 9.97 Å². The summed E-state index contributed by atoms with van der Waals surface area (Å²) in [7, 11) is 3.77. The van der Waals surface area contributed by atoms with Crippen molar-refractivity contribution in [3.8, 4) is 5.75 Å². The third kappa shape index (κ3) is 5.59. The van der Waals surface area contributed by atoms with Gasteiger partial charge in [0.05, 0.1) is 7.11 Å². The summed E-state index contributed by atoms with van der Waals surface area (Å²) in [6, 6.07) is 11.3. The van der Waals surface area contributed by atoms with E-state index in [1.165, 1.54) is 0 Å². The maximum atomic E-state index is 13.0. The van der Waals surface area contributed by atoms with E-state index in [1.54, 1.807) is 7.11 Å². The van der Waals surface area contributed by atoms with E-state index < -0.39 is 0 Å². The summed E-state index contributed by atoms with van der Waals surface area (Å²) < 4.78 is 5.21. The normalized spacial score (nSPS) is 18.5. The number of methoxy groups -OCH3 is 1. The molecule has 3 aromatic rings. The number of piperazine rings is 1. The largest absolute Gasteiger partial charge is 0.497 e. The summed E-state index contributed by atoms with van der Waals surface area (Å²) in [6.45, 7) is 7.29. The fourth-order valence-corrected chi connectivity index (χ4v) is 4.81. The molecule has 0 saturated carbocycles. The van der Waals surface area contributed by atoms with Crippen LogP contribution in [0.3, 0.4) is 0 Å². The first-order chi connectivity index (χ1) is 17.5. The van der Waals surface area contributed by atoms with E-state index in [9.17, 15) is 4.79 Å². The molecule has 2 aromatic heterocycles. The Hall–Kier alpha value is -3.66. The number of likely N-dealkylation sites (tertiary alicyclic amines) is 1. The Morgan fingerprint density at radius 1 is 1.08 bits per heavy atom. The topological polar surface area (TPSA) is 103 Å². The van der Waals surface area contributed by atoms with E-state index in [-0.39, 0.29) is 5.91 Å². The lowest BCUT2D eigenvalue weighted by Crippen LogP contribution is -2.45. The number of nitrogens with one attached hydrogen (secondary N) is 2. The standard InChI is InChI=1S/C26H34N8O2/c1-18-14-24(31-30-18)28-23-16-25(33-12-10-32(2)11-13-33)29-22(27-23)15-19-8-9-34(17-19)26(35)20-4-6-21(36-3)7-5-20/h4-7,14,16,19H,8-13,15,17H2,1-3H3,(H2,27,28,29,30,31)/t19-/m0/s1. The summed E-state index contributed by atoms with van der Waals surface area (Å²) in [6.07, 6.45) is 1.66. The van der Waals surface area contributed by atoms with Crippen LogP contribution in [0.1, 0.15) is 28.3 Å². The van der Waals surface area contributed by atoms with Crippen molar-refractivity contribution in [3.05, 3.63) is 53.5 Å². The second-order valence-corrected chi connectivity index (χ2v) is 9.72. The number of hydrogen-bond acceptors (Lipinski definition) is 8. The highest BCUT2D eigenvalue weighted by Gasteiger charge is 2.28. The van der Waals surface area contributed by atoms with Crippen LogP contribution in [0.25, 0.3) is 0 Å². The molecule has 0 bridgehead atoms. The van der Waals surface area contributed by atoms with Gasteiger partial charge in [0.25, 0.3) is 5.91 Å². The quantitative estimate of drug-likeness (QED) is 0.521. The van der Waals surface area contributed by atoms with Crippen molar-refractivity contribution >= 4 is 23.4 Å². The number of hydrogen-bond donors (Lipinski definition) is 2. The Kier molecular flexibility index (Phi) is 7.04. The average Bonchev–Trinajstić information content (AvgIpc) is 3.52. The molecule has 2 aliphatic rings. The van der Waals surface area contributed by atoms with E-state index in [1.807, 2.05) is 48.2 Å². The van der Waals surface area contributed by atoms with Crippen molar-refractivity contribution in [2.24, 2.45) is 5.92 Å². The predicted octanol–water partition coefficient (Wildman–Crippen LogP) is 2.72. The second-order valence-electron chi connectivity index (χ2n) is 9.72. The van der Waals surface area contributed by atoms with Gasteiger partial charge in [-0.3, -0.25) is 9.89 Å². The molecule has 2 N–H and O–H groups in total. The molecule has 0 unspecified atom stereocenters. The number of anilines is 3. The van der Waals surface area contributed by atoms with Crippen molar-refractivity contribution in [2.45, 2.75) is 19.8 Å². The Balaban J connectivity index is 1.30. The number of H-pyrrole nitrogens is 1. The van der Waals surface area contributed by atoms with Crippen LogP contribution in [0.4, 0.5) is 17.5 Å². The van der Waals surface area contributed by atoms with Crippen LogP contribution in [0.5, 0.6) is 5.75 Å². The number of rotatable bonds is 7. The molecule has 36 heavy (non-hydrogen) atoms. The summed E-state index contributed by atoms with van der Waals surface area (Å²) in [5, 5.41) is 10.6. The third-order valence-electron chi connectivity index (χ3n) is 6.93. The minimum Gasteiger partial charge on any atom is -0.497 e. The smallest absolute Gasteiger partial charge is 0.253 e. The van der Waals surface area contributed by atoms with Gasteiger partial charge in [-0.05, 0) is 50.6 Å². The first kappa shape index (κ1) is 24.1. The van der Waals surface area contributed by atoms with Gasteiger partial charge in [-0.2, -0.15) is 5.10 Å². The molecule has 4 heterocycles. The van der Waals surface area contributed by atoms with Gasteiger partial charge in [-0.15, -0.1) is 0 Å². The second kappa shape index (κ2) is 10.5. The Labute approximate surface area is 211 Å². The van der Waals surface area contributed by atoms with E-state index >= 15 is 0 Å². The number of carbonyl (C=O) groups is 1. The molecule has 10 heteroatoms. The number of nitrogens with zero attached hydrogens (tertiary/aromatic N) is 6. The number of aromatic amines is 1. The zero-order chi connectivity index (χ0) is 25.1. The molecule has 1 aromatic carbocycles. The van der Waals surface area contributed by atoms with Crippen molar-refractivity contribution in [2.75, 3.05) is 63.6 Å². The minimum absolute atomic E-state index is 0.0588. The molecule has 5 rings (SSSR count). The fraction of sp³-hybridized carbons (Fsp3) is 0.462. The maximum absolute atomic E-state index is 13.0. The van der Waals surface area contributed by atoms with Gasteiger partial charge in [0.15, 0.2) is 5.82 Å². The minimum atomic E-state index is 0.0588. The number of aryl methyl sites for hydroxylation is 1. The first-order valence-corrected chi connectivity index (χ1v) is 12.5. The Morgan fingerprint density at radius 3 is 2.56 bits per heavy atom. The lowest BCUT2D eigenvalue weighted by atomic mass is 10.0. The van der Waals surface area contributed by atoms with Crippen LogP contribution in [-0.4, -0.2) is 89.3 Å². The van der Waals surface area contributed by atoms with Gasteiger partial charge in [0, 0.05) is 69.1 Å². The molecule has 0 radical (unpaired) electrons. The lowest BCUT2D eigenvalue weighted by Gasteiger charge is -2.33. The third-order valence-corrected chi connectivity index (χ3v) is 6.93. The summed E-state index contributed by atoms with van der Waals surface area (Å²) in [4.78, 5) is 29.4. The van der Waals surface area contributed by atoms with E-state index in [2.05, 4.69) is 32.4 Å². The summed E-state index contributed by atoms with van der Waals surface area (Å²) in [5.74, 6) is 4.33. The Morgan fingerprint density at radius 2 is 1.86 bits per heavy atom. The molecular weight excluding hydrogens is 456 g/mol. The number of benzene rings is 1. The number of amides is 1. The monoisotopic (exact) mass is 490 g/mol. The number of ether oxygens (including phenoxy) is 1. The van der Waals surface area contributed by atoms with Crippen LogP contribution in [-0.2, 0) is 6.42 Å². The lowest BCUT2D eigenvalue weighted by molar-refractivity contribution is 0.0787. The first-order valence-electron chi connectivity index (χ1n) is 12.5. The summed E-state index contributed by atoms with van der Waals surface area (Å²) in [5.41, 5.74) is 1.67. The van der Waals surface area contributed by atoms with Gasteiger partial charge in [-0.1, -0.05) is 0 Å². The molecule has 1 amide bonds. The molecule has 190 valence electrons. The maximum Gasteiger partial charge on any atom is 0.253 e. The molecule has 10 nitrogen and oxygen atoms in total. The molecule has 2 saturated heterocycles. The van der Waals surface area contributed by atoms with Crippen molar-refractivity contribution in [3.63, 3.8) is 0 Å². The van der Waals surface area contributed by atoms with Crippen LogP contribution in [0.15, 0.2) is 36.4 Å². The molecular formula is C26H34N8O2. The van der Waals surface area contributed by atoms with Crippen LogP contribution in [0.2, 0.25) is 0 Å². The van der Waals surface area contributed by atoms with Crippen LogP contribution < -0.4 is 15.0 Å². The number of likely N-dealkylation sites (N-methyl/N-ethyl adjacent to an activating group) is 1. The number of aromatic nitrogens is 4. The molecule has 2 aliphatic heterocycles. The van der Waals surface area contributed by atoms with Crippen molar-refractivity contribution in [1.29, 1.82) is 0 Å². The van der Waals surface area contributed by atoms with E-state index in [0.29, 0.717) is 18.0 Å². The van der Waals surface area contributed by atoms with Gasteiger partial charge < -0.3 is 24.8 Å². The average molecular weight is 491 g/mol. The van der Waals surface area contributed by atoms with Gasteiger partial charge in [0.2, 0.25) is 0 Å². The van der Waals surface area contributed by atoms with Gasteiger partial charge in [0.1, 0.15) is 23.2 Å². The van der Waals surface area contributed by atoms with Crippen molar-refractivity contribution < 1.29 is 9.53 Å². The highest BCUT2D eigenvalue weighted by atomic mass is 16.5. The molecule has 1 atom stereocenters. The highest BCUT2D eigenvalue weighted by molar-refractivity contribution is 5.94. The summed E-state index contributed by atoms with van der Waals surface area (Å²) >= 11 is 0. The highest BCUT2D eigenvalue weighted by Crippen LogP contribution is 2.25. The van der Waals surface area contributed by atoms with E-state index in [0.717, 1.165) is 80.3 Å². The Bertz CT molecular complexity index is 1190. The molecule has 0 spiro atoms. The van der Waals surface area contributed by atoms with Crippen LogP contribution >= 0.6 is 0 Å². The fourth-order valence-electron chi connectivity index (χ4n) is 4.81. The van der Waals surface area contributed by atoms with Gasteiger partial charge >= 0.3 is 0 Å². The predicted molar refractivity (Wildman–Crippen MR) is 139 cm³/mol. The molecule has 0 aliphatic carbocycles. The zero-order valence-electron chi connectivity index (χ0n) is 21.2. The number of carbonyl (C=O) groups excluding carboxylic acids is 1. The molecule has 2 fully saturated rings. The zero-order valence-corrected chi connectivity index (χ0v) is 21.2. The SMILES string of the molecule is COc1ccc(C(=O)N2CC[C@@H](Cc3nc(Nc4cc(C)[nH]n4)cc(N4CCN(C)CC4)n3)C2)cc1. The van der Waals surface area contributed by atoms with Crippen molar-refractivity contribution in [1.82, 2.24) is 30.0 Å².